The number of carbonyl (C=O) groups excluding carboxylic acids is 2. The number of alkyl halides is 3. The van der Waals surface area contributed by atoms with Crippen LogP contribution < -0.4 is 15.0 Å². The highest BCUT2D eigenvalue weighted by Crippen LogP contribution is 2.39. The fourth-order valence-corrected chi connectivity index (χ4v) is 3.37. The lowest BCUT2D eigenvalue weighted by Crippen LogP contribution is -2.30. The lowest BCUT2D eigenvalue weighted by atomic mass is 10.1. The van der Waals surface area contributed by atoms with Crippen LogP contribution in [-0.4, -0.2) is 50.7 Å². The monoisotopic (exact) mass is 469 g/mol. The number of nitrogens with one attached hydrogen (secondary N) is 1. The molecule has 11 heteroatoms. The third kappa shape index (κ3) is 5.92. The van der Waals surface area contributed by atoms with Crippen molar-refractivity contribution in [1.82, 2.24) is 5.06 Å². The van der Waals surface area contributed by atoms with Crippen molar-refractivity contribution >= 4 is 23.2 Å². The zero-order chi connectivity index (χ0) is 24.2. The number of carbonyl (C=O) groups is 2. The van der Waals surface area contributed by atoms with Crippen LogP contribution in [0.5, 0.6) is 5.75 Å². The first-order valence-electron chi connectivity index (χ1n) is 10.1. The lowest BCUT2D eigenvalue weighted by Gasteiger charge is -2.23. The standard InChI is InChI=1S/C22H23F4N3O4/c1-28(32-2)20(30)13-33-19-11-14(5-7-17(19)23)21(31)27-15-6-8-18(29-9-3-4-10-29)16(12-15)22(24,25)26/h5-8,11-12H,3-4,9-10,13H2,1-2H3,(H,27,31). The van der Waals surface area contributed by atoms with Gasteiger partial charge in [-0.15, -0.1) is 0 Å². The summed E-state index contributed by atoms with van der Waals surface area (Å²) < 4.78 is 60.0. The highest BCUT2D eigenvalue weighted by atomic mass is 19.4. The minimum atomic E-state index is -4.60. The second kappa shape index (κ2) is 10.1. The lowest BCUT2D eigenvalue weighted by molar-refractivity contribution is -0.170. The van der Waals surface area contributed by atoms with Crippen molar-refractivity contribution in [3.05, 3.63) is 53.3 Å². The number of anilines is 2. The molecule has 1 saturated heterocycles. The number of hydrogen-bond acceptors (Lipinski definition) is 5. The van der Waals surface area contributed by atoms with Crippen molar-refractivity contribution in [2.45, 2.75) is 19.0 Å². The van der Waals surface area contributed by atoms with E-state index in [4.69, 9.17) is 9.57 Å². The van der Waals surface area contributed by atoms with E-state index in [-0.39, 0.29) is 22.7 Å². The van der Waals surface area contributed by atoms with E-state index in [0.29, 0.717) is 13.1 Å². The maximum absolute atomic E-state index is 14.0. The van der Waals surface area contributed by atoms with Gasteiger partial charge in [0.25, 0.3) is 11.8 Å². The van der Waals surface area contributed by atoms with Gasteiger partial charge >= 0.3 is 6.18 Å². The number of likely N-dealkylation sites (N-methyl/N-ethyl adjacent to an activating group) is 1. The van der Waals surface area contributed by atoms with Gasteiger partial charge in [0.2, 0.25) is 0 Å². The molecular formula is C22H23F4N3O4. The second-order valence-electron chi connectivity index (χ2n) is 7.39. The molecule has 178 valence electrons. The van der Waals surface area contributed by atoms with Gasteiger partial charge in [-0.3, -0.25) is 14.4 Å². The molecule has 0 radical (unpaired) electrons. The van der Waals surface area contributed by atoms with E-state index in [2.05, 4.69) is 5.32 Å². The largest absolute Gasteiger partial charge is 0.481 e. The molecule has 2 aromatic carbocycles. The van der Waals surface area contributed by atoms with E-state index in [1.54, 1.807) is 4.90 Å². The second-order valence-corrected chi connectivity index (χ2v) is 7.39. The summed E-state index contributed by atoms with van der Waals surface area (Å²) in [6.07, 6.45) is -2.96. The van der Waals surface area contributed by atoms with Crippen molar-refractivity contribution in [1.29, 1.82) is 0 Å². The molecule has 1 aliphatic rings. The van der Waals surface area contributed by atoms with Crippen molar-refractivity contribution in [3.63, 3.8) is 0 Å². The molecule has 0 atom stereocenters. The van der Waals surface area contributed by atoms with Gasteiger partial charge in [-0.25, -0.2) is 9.45 Å². The Hall–Kier alpha value is -3.34. The molecule has 7 nitrogen and oxygen atoms in total. The van der Waals surface area contributed by atoms with Crippen LogP contribution in [0.15, 0.2) is 36.4 Å². The van der Waals surface area contributed by atoms with Crippen molar-refractivity contribution in [2.75, 3.05) is 44.1 Å². The third-order valence-corrected chi connectivity index (χ3v) is 5.18. The summed E-state index contributed by atoms with van der Waals surface area (Å²) in [6, 6.07) is 6.79. The van der Waals surface area contributed by atoms with Crippen LogP contribution in [0.25, 0.3) is 0 Å². The van der Waals surface area contributed by atoms with Crippen LogP contribution in [0.4, 0.5) is 28.9 Å². The fourth-order valence-electron chi connectivity index (χ4n) is 3.37. The molecule has 1 fully saturated rings. The number of amides is 2. The quantitative estimate of drug-likeness (QED) is 0.489. The van der Waals surface area contributed by atoms with Crippen LogP contribution >= 0.6 is 0 Å². The van der Waals surface area contributed by atoms with Crippen molar-refractivity contribution in [2.24, 2.45) is 0 Å². The number of ether oxygens (including phenoxy) is 1. The highest BCUT2D eigenvalue weighted by Gasteiger charge is 2.36. The number of hydroxylamine groups is 2. The summed E-state index contributed by atoms with van der Waals surface area (Å²) in [5.41, 5.74) is -0.887. The topological polar surface area (TPSA) is 71.1 Å². The Morgan fingerprint density at radius 2 is 1.82 bits per heavy atom. The minimum absolute atomic E-state index is 0.0565. The van der Waals surface area contributed by atoms with E-state index in [1.165, 1.54) is 26.3 Å². The zero-order valence-corrected chi connectivity index (χ0v) is 18.0. The van der Waals surface area contributed by atoms with Gasteiger partial charge in [-0.05, 0) is 49.2 Å². The van der Waals surface area contributed by atoms with E-state index in [9.17, 15) is 27.2 Å². The van der Waals surface area contributed by atoms with E-state index >= 15 is 0 Å². The SMILES string of the molecule is CON(C)C(=O)COc1cc(C(=O)Nc2ccc(N3CCCC3)c(C(F)(F)F)c2)ccc1F. The molecular weight excluding hydrogens is 446 g/mol. The number of benzene rings is 2. The Kier molecular flexibility index (Phi) is 7.42. The average molecular weight is 469 g/mol. The summed E-state index contributed by atoms with van der Waals surface area (Å²) in [7, 11) is 2.61. The maximum atomic E-state index is 14.0. The molecule has 0 unspecified atom stereocenters. The summed E-state index contributed by atoms with van der Waals surface area (Å²) in [6.45, 7) is 0.533. The molecule has 1 heterocycles. The highest BCUT2D eigenvalue weighted by molar-refractivity contribution is 6.04. The van der Waals surface area contributed by atoms with Crippen molar-refractivity contribution < 1.29 is 36.7 Å². The van der Waals surface area contributed by atoms with Crippen LogP contribution in [-0.2, 0) is 15.8 Å². The van der Waals surface area contributed by atoms with Gasteiger partial charge in [0.1, 0.15) is 0 Å². The van der Waals surface area contributed by atoms with Gasteiger partial charge in [-0.1, -0.05) is 0 Å². The van der Waals surface area contributed by atoms with E-state index in [1.807, 2.05) is 0 Å². The average Bonchev–Trinajstić information content (AvgIpc) is 3.31. The Balaban J connectivity index is 1.77. The molecule has 0 saturated carbocycles. The number of halogens is 4. The summed E-state index contributed by atoms with van der Waals surface area (Å²) in [5.74, 6) is -2.53. The summed E-state index contributed by atoms with van der Waals surface area (Å²) in [5, 5.41) is 3.28. The van der Waals surface area contributed by atoms with Gasteiger partial charge < -0.3 is 15.0 Å². The first-order valence-corrected chi connectivity index (χ1v) is 10.1. The van der Waals surface area contributed by atoms with Gasteiger partial charge in [0.05, 0.1) is 12.7 Å². The van der Waals surface area contributed by atoms with Crippen LogP contribution in [0.3, 0.4) is 0 Å². The zero-order valence-electron chi connectivity index (χ0n) is 18.0. The molecule has 3 rings (SSSR count). The molecule has 2 amide bonds. The smallest absolute Gasteiger partial charge is 0.418 e. The molecule has 1 N–H and O–H groups in total. The van der Waals surface area contributed by atoms with Gasteiger partial charge in [0, 0.05) is 37.1 Å². The molecule has 1 aliphatic heterocycles. The van der Waals surface area contributed by atoms with Gasteiger partial charge in [0.15, 0.2) is 18.2 Å². The molecule has 0 aromatic heterocycles. The van der Waals surface area contributed by atoms with E-state index < -0.39 is 36.0 Å². The Bertz CT molecular complexity index is 1020. The molecule has 0 aliphatic carbocycles. The Morgan fingerprint density at radius 1 is 1.12 bits per heavy atom. The predicted octanol–water partition coefficient (Wildman–Crippen LogP) is 4.10. The number of rotatable bonds is 7. The minimum Gasteiger partial charge on any atom is -0.481 e. The third-order valence-electron chi connectivity index (χ3n) is 5.18. The van der Waals surface area contributed by atoms with Crippen LogP contribution in [0.1, 0.15) is 28.8 Å². The Labute approximate surface area is 187 Å². The van der Waals surface area contributed by atoms with Crippen LogP contribution in [0, 0.1) is 5.82 Å². The normalized spacial score (nSPS) is 13.7. The first-order chi connectivity index (χ1) is 15.6. The molecule has 2 aromatic rings. The number of nitrogens with zero attached hydrogens (tertiary/aromatic N) is 2. The fraction of sp³-hybridized carbons (Fsp3) is 0.364. The summed E-state index contributed by atoms with van der Waals surface area (Å²) >= 11 is 0. The Morgan fingerprint density at radius 3 is 2.45 bits per heavy atom. The molecule has 0 spiro atoms. The van der Waals surface area contributed by atoms with Gasteiger partial charge in [-0.2, -0.15) is 13.2 Å². The summed E-state index contributed by atoms with van der Waals surface area (Å²) in [4.78, 5) is 30.7. The molecule has 0 bridgehead atoms. The van der Waals surface area contributed by atoms with Crippen LogP contribution in [0.2, 0.25) is 0 Å². The van der Waals surface area contributed by atoms with E-state index in [0.717, 1.165) is 42.2 Å². The maximum Gasteiger partial charge on any atom is 0.418 e. The number of hydrogen-bond donors (Lipinski definition) is 1. The predicted molar refractivity (Wildman–Crippen MR) is 113 cm³/mol. The molecule has 33 heavy (non-hydrogen) atoms. The first kappa shape index (κ1) is 24.3. The van der Waals surface area contributed by atoms with Crippen molar-refractivity contribution in [3.8, 4) is 5.75 Å².